The summed E-state index contributed by atoms with van der Waals surface area (Å²) in [5.41, 5.74) is -4.83. The summed E-state index contributed by atoms with van der Waals surface area (Å²) < 4.78 is 86.5. The van der Waals surface area contributed by atoms with Gasteiger partial charge in [-0.05, 0) is 32.0 Å². The molecule has 0 aromatic carbocycles. The lowest BCUT2D eigenvalue weighted by molar-refractivity contribution is -0.268. The van der Waals surface area contributed by atoms with Crippen LogP contribution in [0.1, 0.15) is 19.8 Å². The topological polar surface area (TPSA) is 9.23 Å². The number of hydrogen-bond acceptors (Lipinski definition) is 1. The van der Waals surface area contributed by atoms with Crippen LogP contribution in [-0.2, 0) is 4.43 Å². The Morgan fingerprint density at radius 2 is 1.63 bits per heavy atom. The van der Waals surface area contributed by atoms with E-state index in [2.05, 4.69) is 0 Å². The molecule has 1 aliphatic rings. The van der Waals surface area contributed by atoms with Crippen molar-refractivity contribution >= 4 is 8.32 Å². The molecule has 1 heterocycles. The Morgan fingerprint density at radius 1 is 1.05 bits per heavy atom. The zero-order valence-electron chi connectivity index (χ0n) is 10.7. The van der Waals surface area contributed by atoms with Crippen molar-refractivity contribution in [2.45, 2.75) is 49.7 Å². The van der Waals surface area contributed by atoms with Crippen LogP contribution in [0, 0.1) is 0 Å². The summed E-state index contributed by atoms with van der Waals surface area (Å²) in [7, 11) is -4.24. The molecule has 19 heavy (non-hydrogen) atoms. The van der Waals surface area contributed by atoms with Gasteiger partial charge in [0.15, 0.2) is 0 Å². The molecule has 1 nitrogen and oxygen atoms in total. The first-order chi connectivity index (χ1) is 8.52. The van der Waals surface area contributed by atoms with Crippen LogP contribution in [0.5, 0.6) is 0 Å². The molecule has 0 spiro atoms. The minimum atomic E-state index is -5.45. The van der Waals surface area contributed by atoms with E-state index in [-0.39, 0.29) is 18.7 Å². The van der Waals surface area contributed by atoms with E-state index in [4.69, 9.17) is 4.43 Å². The maximum atomic E-state index is 14.0. The van der Waals surface area contributed by atoms with E-state index in [9.17, 15) is 26.3 Å². The molecular weight excluding hydrogens is 290 g/mol. The molecule has 0 aromatic rings. The minimum Gasteiger partial charge on any atom is -0.410 e. The SMILES string of the molecule is CC=CC(F)(F)C(F)(F)C(F)(F)[Si]1(C)CCCCO1. The lowest BCUT2D eigenvalue weighted by Gasteiger charge is -2.42. The number of halogens is 6. The van der Waals surface area contributed by atoms with Crippen molar-refractivity contribution < 1.29 is 30.8 Å². The van der Waals surface area contributed by atoms with Gasteiger partial charge >= 0.3 is 17.4 Å². The van der Waals surface area contributed by atoms with Crippen molar-refractivity contribution in [2.24, 2.45) is 0 Å². The molecule has 1 unspecified atom stereocenters. The first-order valence-electron chi connectivity index (χ1n) is 5.93. The molecule has 0 aromatic heterocycles. The van der Waals surface area contributed by atoms with Gasteiger partial charge in [-0.1, -0.05) is 12.5 Å². The molecule has 0 N–H and O–H groups in total. The molecule has 0 bridgehead atoms. The third-order valence-electron chi connectivity index (χ3n) is 3.32. The van der Waals surface area contributed by atoms with E-state index in [0.29, 0.717) is 18.9 Å². The third kappa shape index (κ3) is 2.56. The molecule has 1 aliphatic heterocycles. The lowest BCUT2D eigenvalue weighted by atomic mass is 10.1. The van der Waals surface area contributed by atoms with Crippen molar-refractivity contribution in [3.63, 3.8) is 0 Å². The van der Waals surface area contributed by atoms with E-state index in [1.165, 1.54) is 0 Å². The second-order valence-electron chi connectivity index (χ2n) is 4.81. The number of hydrogen-bond donors (Lipinski definition) is 0. The summed E-state index contributed by atoms with van der Waals surface area (Å²) >= 11 is 0. The van der Waals surface area contributed by atoms with Crippen molar-refractivity contribution in [1.29, 1.82) is 0 Å². The van der Waals surface area contributed by atoms with Crippen LogP contribution in [0.4, 0.5) is 26.3 Å². The molecule has 0 amide bonds. The predicted molar refractivity (Wildman–Crippen MR) is 61.3 cm³/mol. The van der Waals surface area contributed by atoms with Crippen molar-refractivity contribution in [2.75, 3.05) is 6.61 Å². The fourth-order valence-corrected chi connectivity index (χ4v) is 5.03. The van der Waals surface area contributed by atoms with E-state index in [0.717, 1.165) is 13.5 Å². The number of allylic oxidation sites excluding steroid dienone is 2. The highest BCUT2D eigenvalue weighted by molar-refractivity contribution is 6.75. The molecule has 1 atom stereocenters. The molecule has 0 aliphatic carbocycles. The smallest absolute Gasteiger partial charge is 0.374 e. The fourth-order valence-electron chi connectivity index (χ4n) is 2.04. The second kappa shape index (κ2) is 5.12. The molecular formula is C11H16F6OSi. The molecule has 8 heteroatoms. The second-order valence-corrected chi connectivity index (χ2v) is 8.69. The van der Waals surface area contributed by atoms with Crippen LogP contribution >= 0.6 is 0 Å². The van der Waals surface area contributed by atoms with E-state index >= 15 is 0 Å². The van der Waals surface area contributed by atoms with Crippen LogP contribution in [-0.4, -0.2) is 32.3 Å². The number of rotatable bonds is 4. The molecule has 0 saturated carbocycles. The summed E-state index contributed by atoms with van der Waals surface area (Å²) in [6, 6.07) is -0.249. The third-order valence-corrected chi connectivity index (χ3v) is 7.11. The van der Waals surface area contributed by atoms with Crippen LogP contribution < -0.4 is 0 Å². The van der Waals surface area contributed by atoms with Gasteiger partial charge in [0, 0.05) is 6.61 Å². The summed E-state index contributed by atoms with van der Waals surface area (Å²) in [5, 5.41) is 0. The van der Waals surface area contributed by atoms with Gasteiger partial charge < -0.3 is 4.43 Å². The zero-order chi connectivity index (χ0) is 14.9. The van der Waals surface area contributed by atoms with Gasteiger partial charge in [0.1, 0.15) is 0 Å². The highest BCUT2D eigenvalue weighted by Gasteiger charge is 2.77. The number of alkyl halides is 6. The summed E-state index contributed by atoms with van der Waals surface area (Å²) in [6.45, 7) is 1.88. The summed E-state index contributed by atoms with van der Waals surface area (Å²) in [5.74, 6) is -10.4. The monoisotopic (exact) mass is 306 g/mol. The molecule has 1 fully saturated rings. The Morgan fingerprint density at radius 3 is 2.05 bits per heavy atom. The van der Waals surface area contributed by atoms with Crippen LogP contribution in [0.3, 0.4) is 0 Å². The predicted octanol–water partition coefficient (Wildman–Crippen LogP) is 4.39. The lowest BCUT2D eigenvalue weighted by Crippen LogP contribution is -2.68. The van der Waals surface area contributed by atoms with Gasteiger partial charge in [-0.3, -0.25) is 0 Å². The summed E-state index contributed by atoms with van der Waals surface area (Å²) in [6.07, 6.45) is 1.22. The van der Waals surface area contributed by atoms with Gasteiger partial charge in [-0.25, -0.2) is 8.78 Å². The molecule has 112 valence electrons. The van der Waals surface area contributed by atoms with Gasteiger partial charge in [0.25, 0.3) is 8.32 Å². The summed E-state index contributed by atoms with van der Waals surface area (Å²) in [4.78, 5) is 0. The Hall–Kier alpha value is -0.503. The first kappa shape index (κ1) is 16.6. The largest absolute Gasteiger partial charge is 0.410 e. The van der Waals surface area contributed by atoms with Crippen molar-refractivity contribution in [1.82, 2.24) is 0 Å². The minimum absolute atomic E-state index is 0.0798. The van der Waals surface area contributed by atoms with Gasteiger partial charge in [0.2, 0.25) is 0 Å². The van der Waals surface area contributed by atoms with Crippen LogP contribution in [0.15, 0.2) is 12.2 Å². The molecule has 1 saturated heterocycles. The maximum Gasteiger partial charge on any atom is 0.374 e. The van der Waals surface area contributed by atoms with E-state index < -0.39 is 25.7 Å². The fraction of sp³-hybridized carbons (Fsp3) is 0.818. The van der Waals surface area contributed by atoms with Gasteiger partial charge in [0.05, 0.1) is 0 Å². The van der Waals surface area contributed by atoms with E-state index in [1.807, 2.05) is 0 Å². The normalized spacial score (nSPS) is 26.9. The Bertz CT molecular complexity index is 349. The first-order valence-corrected chi connectivity index (χ1v) is 8.54. The zero-order valence-corrected chi connectivity index (χ0v) is 11.7. The highest BCUT2D eigenvalue weighted by Crippen LogP contribution is 2.52. The highest BCUT2D eigenvalue weighted by atomic mass is 28.4. The van der Waals surface area contributed by atoms with Crippen molar-refractivity contribution in [3.8, 4) is 0 Å². The van der Waals surface area contributed by atoms with Crippen LogP contribution in [0.2, 0.25) is 12.6 Å². The Labute approximate surface area is 108 Å². The standard InChI is InChI=1S/C11H16F6OSi/c1-3-6-9(12,13)10(14,15)11(16,17)19(2)8-5-4-7-18-19/h3,6H,4-5,7-8H2,1-2H3. The average molecular weight is 306 g/mol. The van der Waals surface area contributed by atoms with Crippen molar-refractivity contribution in [3.05, 3.63) is 12.2 Å². The Balaban J connectivity index is 3.16. The Kier molecular flexibility index (Phi) is 4.46. The average Bonchev–Trinajstić information content (AvgIpc) is 2.29. The molecule has 0 radical (unpaired) electrons. The van der Waals surface area contributed by atoms with Crippen LogP contribution in [0.25, 0.3) is 0 Å². The van der Waals surface area contributed by atoms with E-state index in [1.54, 1.807) is 0 Å². The van der Waals surface area contributed by atoms with Gasteiger partial charge in [-0.15, -0.1) is 0 Å². The van der Waals surface area contributed by atoms with Gasteiger partial charge in [-0.2, -0.15) is 17.6 Å². The molecule has 1 rings (SSSR count). The quantitative estimate of drug-likeness (QED) is 0.425. The maximum absolute atomic E-state index is 14.0.